The summed E-state index contributed by atoms with van der Waals surface area (Å²) in [5, 5.41) is 5.06. The van der Waals surface area contributed by atoms with Crippen LogP contribution in [0.4, 0.5) is 17.1 Å². The molecule has 1 aromatic heterocycles. The lowest BCUT2D eigenvalue weighted by Crippen LogP contribution is -2.16. The fraction of sp³-hybridized carbons (Fsp3) is 0.0612. The summed E-state index contributed by atoms with van der Waals surface area (Å²) in [6.07, 6.45) is 0. The Morgan fingerprint density at radius 3 is 1.92 bits per heavy atom. The molecule has 1 nitrogen and oxygen atoms in total. The van der Waals surface area contributed by atoms with E-state index in [1.165, 1.54) is 86.8 Å². The van der Waals surface area contributed by atoms with Gasteiger partial charge >= 0.3 is 0 Å². The number of benzene rings is 8. The van der Waals surface area contributed by atoms with Crippen LogP contribution in [0.2, 0.25) is 0 Å². The molecular weight excluding hydrogens is 635 g/mol. The molecule has 9 aromatic rings. The van der Waals surface area contributed by atoms with Gasteiger partial charge < -0.3 is 4.90 Å². The van der Waals surface area contributed by atoms with Gasteiger partial charge in [-0.15, -0.1) is 11.3 Å². The smallest absolute Gasteiger partial charge is 0.0555 e. The minimum absolute atomic E-state index is 0.117. The van der Waals surface area contributed by atoms with Crippen LogP contribution < -0.4 is 4.90 Å². The molecular formula is C49H35NS. The van der Waals surface area contributed by atoms with Gasteiger partial charge in [0, 0.05) is 36.7 Å². The molecule has 0 unspecified atom stereocenters. The highest BCUT2D eigenvalue weighted by atomic mass is 32.1. The van der Waals surface area contributed by atoms with Crippen molar-refractivity contribution in [3.63, 3.8) is 0 Å². The molecule has 0 saturated heterocycles. The molecule has 0 spiro atoms. The third-order valence-electron chi connectivity index (χ3n) is 10.9. The predicted molar refractivity (Wildman–Crippen MR) is 220 cm³/mol. The summed E-state index contributed by atoms with van der Waals surface area (Å²) in [6.45, 7) is 4.74. The van der Waals surface area contributed by atoms with Crippen molar-refractivity contribution in [2.75, 3.05) is 4.90 Å². The van der Waals surface area contributed by atoms with E-state index in [-0.39, 0.29) is 5.41 Å². The zero-order valence-corrected chi connectivity index (χ0v) is 29.4. The number of nitrogens with zero attached hydrogens (tertiary/aromatic N) is 1. The summed E-state index contributed by atoms with van der Waals surface area (Å²) in [7, 11) is 0. The topological polar surface area (TPSA) is 3.24 Å². The molecule has 1 aliphatic rings. The van der Waals surface area contributed by atoms with Crippen molar-refractivity contribution in [3.8, 4) is 33.4 Å². The Kier molecular flexibility index (Phi) is 6.78. The first-order chi connectivity index (χ1) is 25.1. The van der Waals surface area contributed by atoms with E-state index in [9.17, 15) is 0 Å². The van der Waals surface area contributed by atoms with Gasteiger partial charge in [0.1, 0.15) is 0 Å². The summed E-state index contributed by atoms with van der Waals surface area (Å²) >= 11 is 1.89. The number of anilines is 3. The molecule has 8 aromatic carbocycles. The van der Waals surface area contributed by atoms with Crippen LogP contribution >= 0.6 is 11.3 Å². The zero-order chi connectivity index (χ0) is 34.1. The minimum Gasteiger partial charge on any atom is -0.309 e. The monoisotopic (exact) mass is 669 g/mol. The summed E-state index contributed by atoms with van der Waals surface area (Å²) in [6, 6.07) is 64.8. The van der Waals surface area contributed by atoms with Crippen LogP contribution in [-0.4, -0.2) is 0 Å². The minimum atomic E-state index is -0.117. The number of para-hydroxylation sites is 1. The maximum Gasteiger partial charge on any atom is 0.0555 e. The van der Waals surface area contributed by atoms with E-state index in [4.69, 9.17) is 0 Å². The van der Waals surface area contributed by atoms with Gasteiger partial charge in [0.05, 0.1) is 17.1 Å². The maximum atomic E-state index is 2.57. The van der Waals surface area contributed by atoms with Crippen molar-refractivity contribution < 1.29 is 0 Å². The second kappa shape index (κ2) is 11.6. The predicted octanol–water partition coefficient (Wildman–Crippen LogP) is 14.3. The van der Waals surface area contributed by atoms with Gasteiger partial charge in [-0.05, 0) is 68.4 Å². The molecule has 0 saturated carbocycles. The van der Waals surface area contributed by atoms with Crippen LogP contribution in [-0.2, 0) is 5.41 Å². The molecule has 1 aliphatic carbocycles. The van der Waals surface area contributed by atoms with Crippen LogP contribution in [0.3, 0.4) is 0 Å². The van der Waals surface area contributed by atoms with E-state index in [0.29, 0.717) is 0 Å². The quantitative estimate of drug-likeness (QED) is 0.176. The highest BCUT2D eigenvalue weighted by Crippen LogP contribution is 2.56. The normalized spacial score (nSPS) is 13.1. The number of hydrogen-bond donors (Lipinski definition) is 0. The third-order valence-corrected chi connectivity index (χ3v) is 12.1. The molecule has 0 radical (unpaired) electrons. The number of rotatable bonds is 5. The van der Waals surface area contributed by atoms with Crippen molar-refractivity contribution in [2.24, 2.45) is 0 Å². The van der Waals surface area contributed by atoms with Gasteiger partial charge in [0.2, 0.25) is 0 Å². The molecule has 0 amide bonds. The molecule has 1 heterocycles. The number of hydrogen-bond acceptors (Lipinski definition) is 2. The SMILES string of the molecule is CC1(C)c2ccccc2-c2c(N(c3ccccc3-c3cccc4ccccc34)c3cccc4sc5c(-c6ccccc6)cccc5c34)cccc21. The fourth-order valence-corrected chi connectivity index (χ4v) is 9.79. The standard InChI is InChI=1S/C49H35NS/c1-49(2)40-26-10-8-22-38(40)46-41(49)27-14-29-43(46)50(42-28-11-9-21-37(42)36-24-12-19-32-18-6-7-20-34(32)36)44-30-15-31-45-47(44)39-25-13-23-35(48(39)51-45)33-16-4-3-5-17-33/h3-31H,1-2H3. The third kappa shape index (κ3) is 4.53. The first kappa shape index (κ1) is 29.9. The second-order valence-electron chi connectivity index (χ2n) is 14.1. The molecule has 51 heavy (non-hydrogen) atoms. The van der Waals surface area contributed by atoms with E-state index < -0.39 is 0 Å². The van der Waals surface area contributed by atoms with Crippen LogP contribution in [0.15, 0.2) is 176 Å². The molecule has 242 valence electrons. The lowest BCUT2D eigenvalue weighted by molar-refractivity contribution is 0.660. The van der Waals surface area contributed by atoms with Crippen LogP contribution in [0.25, 0.3) is 64.3 Å². The summed E-state index contributed by atoms with van der Waals surface area (Å²) < 4.78 is 2.60. The Labute approximate surface area is 302 Å². The molecule has 0 atom stereocenters. The lowest BCUT2D eigenvalue weighted by Gasteiger charge is -2.31. The van der Waals surface area contributed by atoms with E-state index in [0.717, 1.165) is 5.69 Å². The van der Waals surface area contributed by atoms with E-state index in [2.05, 4.69) is 195 Å². The first-order valence-electron chi connectivity index (χ1n) is 17.7. The summed E-state index contributed by atoms with van der Waals surface area (Å²) in [5.74, 6) is 0. The van der Waals surface area contributed by atoms with Gasteiger partial charge in [-0.25, -0.2) is 0 Å². The van der Waals surface area contributed by atoms with Crippen molar-refractivity contribution in [3.05, 3.63) is 187 Å². The molecule has 0 bridgehead atoms. The molecule has 0 aliphatic heterocycles. The van der Waals surface area contributed by atoms with Gasteiger partial charge in [0.25, 0.3) is 0 Å². The van der Waals surface area contributed by atoms with Crippen molar-refractivity contribution >= 4 is 59.3 Å². The van der Waals surface area contributed by atoms with E-state index in [1.54, 1.807) is 0 Å². The average Bonchev–Trinajstić information content (AvgIpc) is 3.68. The van der Waals surface area contributed by atoms with Crippen molar-refractivity contribution in [1.29, 1.82) is 0 Å². The summed E-state index contributed by atoms with van der Waals surface area (Å²) in [4.78, 5) is 2.57. The number of thiophene rings is 1. The van der Waals surface area contributed by atoms with Crippen molar-refractivity contribution in [1.82, 2.24) is 0 Å². The summed E-state index contributed by atoms with van der Waals surface area (Å²) in [5.41, 5.74) is 13.8. The Hall–Kier alpha value is -5.96. The van der Waals surface area contributed by atoms with E-state index >= 15 is 0 Å². The Balaban J connectivity index is 1.32. The zero-order valence-electron chi connectivity index (χ0n) is 28.6. The van der Waals surface area contributed by atoms with E-state index in [1.807, 2.05) is 11.3 Å². The first-order valence-corrected chi connectivity index (χ1v) is 18.5. The highest BCUT2D eigenvalue weighted by molar-refractivity contribution is 7.26. The Morgan fingerprint density at radius 1 is 0.431 bits per heavy atom. The average molecular weight is 670 g/mol. The van der Waals surface area contributed by atoms with Gasteiger partial charge in [-0.2, -0.15) is 0 Å². The van der Waals surface area contributed by atoms with Crippen LogP contribution in [0, 0.1) is 0 Å². The number of fused-ring (bicyclic) bond motifs is 7. The maximum absolute atomic E-state index is 2.57. The van der Waals surface area contributed by atoms with Crippen LogP contribution in [0.1, 0.15) is 25.0 Å². The van der Waals surface area contributed by atoms with Gasteiger partial charge in [0.15, 0.2) is 0 Å². The van der Waals surface area contributed by atoms with Gasteiger partial charge in [-0.3, -0.25) is 0 Å². The second-order valence-corrected chi connectivity index (χ2v) is 15.1. The molecule has 10 rings (SSSR count). The van der Waals surface area contributed by atoms with Crippen LogP contribution in [0.5, 0.6) is 0 Å². The van der Waals surface area contributed by atoms with Gasteiger partial charge in [-0.1, -0.05) is 166 Å². The largest absolute Gasteiger partial charge is 0.309 e. The highest BCUT2D eigenvalue weighted by Gasteiger charge is 2.38. The fourth-order valence-electron chi connectivity index (χ4n) is 8.53. The molecule has 2 heteroatoms. The Bertz CT molecular complexity index is 2780. The lowest BCUT2D eigenvalue weighted by atomic mass is 9.82. The molecule has 0 fully saturated rings. The van der Waals surface area contributed by atoms with Crippen molar-refractivity contribution in [2.45, 2.75) is 19.3 Å². The molecule has 0 N–H and O–H groups in total. The Morgan fingerprint density at radius 2 is 1.02 bits per heavy atom.